The summed E-state index contributed by atoms with van der Waals surface area (Å²) in [5.74, 6) is 6.54. The molecule has 0 aliphatic carbocycles. The highest BCUT2D eigenvalue weighted by Gasteiger charge is 2.20. The van der Waals surface area contributed by atoms with Gasteiger partial charge in [-0.15, -0.1) is 11.3 Å². The third-order valence-corrected chi connectivity index (χ3v) is 6.23. The van der Waals surface area contributed by atoms with E-state index in [2.05, 4.69) is 26.8 Å². The largest absolute Gasteiger partial charge is 0.491 e. The predicted molar refractivity (Wildman–Crippen MR) is 134 cm³/mol. The molecule has 3 aromatic rings. The minimum Gasteiger partial charge on any atom is -0.491 e. The van der Waals surface area contributed by atoms with Gasteiger partial charge in [-0.1, -0.05) is 5.92 Å². The summed E-state index contributed by atoms with van der Waals surface area (Å²) in [5, 5.41) is 9.72. The molecule has 1 unspecified atom stereocenters. The maximum absolute atomic E-state index is 13.4. The zero-order valence-electron chi connectivity index (χ0n) is 19.6. The lowest BCUT2D eigenvalue weighted by Gasteiger charge is -2.26. The van der Waals surface area contributed by atoms with Crippen molar-refractivity contribution in [2.45, 2.75) is 31.7 Å². The molecule has 3 heterocycles. The SMILES string of the molecule is CN(C(=O)O)c1cnc(C#C/C=C/c2nc3ccc(OC[C@@H](CF)OC4CCCCO4)cc3s2)cn1. The van der Waals surface area contributed by atoms with Crippen LogP contribution in [0, 0.1) is 11.8 Å². The number of thiazole rings is 1. The van der Waals surface area contributed by atoms with Gasteiger partial charge in [-0.05, 0) is 55.5 Å². The van der Waals surface area contributed by atoms with Crippen molar-refractivity contribution in [3.8, 4) is 17.6 Å². The van der Waals surface area contributed by atoms with Crippen LogP contribution >= 0.6 is 11.3 Å². The van der Waals surface area contributed by atoms with Crippen LogP contribution < -0.4 is 9.64 Å². The average Bonchev–Trinajstić information content (AvgIpc) is 3.31. The third kappa shape index (κ3) is 6.97. The molecule has 0 saturated carbocycles. The number of aromatic nitrogens is 3. The van der Waals surface area contributed by atoms with E-state index in [4.69, 9.17) is 19.3 Å². The number of fused-ring (bicyclic) bond motifs is 1. The number of hydrogen-bond acceptors (Lipinski definition) is 8. The van der Waals surface area contributed by atoms with Gasteiger partial charge in [-0.3, -0.25) is 4.90 Å². The van der Waals surface area contributed by atoms with Crippen molar-refractivity contribution in [2.24, 2.45) is 0 Å². The van der Waals surface area contributed by atoms with Gasteiger partial charge in [0.25, 0.3) is 0 Å². The van der Waals surface area contributed by atoms with Crippen molar-refractivity contribution in [1.29, 1.82) is 0 Å². The van der Waals surface area contributed by atoms with E-state index in [0.29, 0.717) is 18.1 Å². The van der Waals surface area contributed by atoms with Gasteiger partial charge in [0.1, 0.15) is 35.8 Å². The Hall–Kier alpha value is -3.59. The number of carboxylic acid groups (broad SMARTS) is 1. The van der Waals surface area contributed by atoms with Gasteiger partial charge < -0.3 is 19.3 Å². The zero-order chi connectivity index (χ0) is 25.3. The number of carbonyl (C=O) groups is 1. The van der Waals surface area contributed by atoms with Crippen molar-refractivity contribution in [2.75, 3.05) is 31.8 Å². The predicted octanol–water partition coefficient (Wildman–Crippen LogP) is 4.53. The van der Waals surface area contributed by atoms with Crippen LogP contribution in [0.3, 0.4) is 0 Å². The second kappa shape index (κ2) is 12.4. The van der Waals surface area contributed by atoms with Gasteiger partial charge in [-0.25, -0.2) is 24.1 Å². The smallest absolute Gasteiger partial charge is 0.412 e. The monoisotopic (exact) mass is 512 g/mol. The Balaban J connectivity index is 1.33. The Labute approximate surface area is 211 Å². The second-order valence-corrected chi connectivity index (χ2v) is 8.97. The number of hydrogen-bond donors (Lipinski definition) is 1. The third-order valence-electron chi connectivity index (χ3n) is 5.24. The van der Waals surface area contributed by atoms with E-state index in [1.807, 2.05) is 12.1 Å². The lowest BCUT2D eigenvalue weighted by atomic mass is 10.2. The molecule has 11 heteroatoms. The molecule has 36 heavy (non-hydrogen) atoms. The minimum absolute atomic E-state index is 0.0967. The molecule has 0 bridgehead atoms. The fourth-order valence-corrected chi connectivity index (χ4v) is 4.21. The molecule has 9 nitrogen and oxygen atoms in total. The van der Waals surface area contributed by atoms with Crippen LogP contribution in [0.1, 0.15) is 30.0 Å². The Kier molecular flexibility index (Phi) is 8.78. The molecular weight excluding hydrogens is 487 g/mol. The molecule has 188 valence electrons. The standard InChI is InChI=1S/C25H25FN4O5S/c1-30(25(31)32)22-15-27-17(14-28-22)6-2-3-7-23-29-20-10-9-18(12-21(20)36-23)34-16-19(13-26)35-24-8-4-5-11-33-24/h3,7,9-10,12,14-15,19,24H,4-5,8,11,13,16H2,1H3,(H,31,32)/b7-3+/t19-,24?/m1/s1. The average molecular weight is 513 g/mol. The summed E-state index contributed by atoms with van der Waals surface area (Å²) in [4.78, 5) is 24.6. The Morgan fingerprint density at radius 2 is 2.28 bits per heavy atom. The van der Waals surface area contributed by atoms with Crippen molar-refractivity contribution >= 4 is 39.5 Å². The summed E-state index contributed by atoms with van der Waals surface area (Å²) in [6.45, 7) is 0.0930. The Morgan fingerprint density at radius 3 is 3.00 bits per heavy atom. The highest BCUT2D eigenvalue weighted by Crippen LogP contribution is 2.27. The van der Waals surface area contributed by atoms with Crippen LogP contribution in [0.25, 0.3) is 16.3 Å². The van der Waals surface area contributed by atoms with Crippen LogP contribution in [0.4, 0.5) is 15.0 Å². The fourth-order valence-electron chi connectivity index (χ4n) is 3.31. The van der Waals surface area contributed by atoms with Crippen LogP contribution in [-0.2, 0) is 9.47 Å². The Bertz CT molecular complexity index is 1260. The Morgan fingerprint density at radius 1 is 1.39 bits per heavy atom. The number of ether oxygens (including phenoxy) is 3. The van der Waals surface area contributed by atoms with E-state index in [0.717, 1.165) is 39.4 Å². The fraction of sp³-hybridized carbons (Fsp3) is 0.360. The summed E-state index contributed by atoms with van der Waals surface area (Å²) < 4.78 is 31.3. The number of nitrogens with zero attached hydrogens (tertiary/aromatic N) is 4. The van der Waals surface area contributed by atoms with Gasteiger partial charge in [0.15, 0.2) is 12.1 Å². The minimum atomic E-state index is -1.12. The number of amides is 1. The summed E-state index contributed by atoms with van der Waals surface area (Å²) in [7, 11) is 1.39. The van der Waals surface area contributed by atoms with E-state index in [-0.39, 0.29) is 18.7 Å². The topological polar surface area (TPSA) is 107 Å². The number of rotatable bonds is 8. The maximum atomic E-state index is 13.4. The number of halogens is 1. The zero-order valence-corrected chi connectivity index (χ0v) is 20.4. The molecule has 1 aliphatic heterocycles. The number of benzene rings is 1. The maximum Gasteiger partial charge on any atom is 0.412 e. The molecule has 2 atom stereocenters. The van der Waals surface area contributed by atoms with Gasteiger partial charge in [0, 0.05) is 13.7 Å². The molecule has 4 rings (SSSR count). The van der Waals surface area contributed by atoms with E-state index in [9.17, 15) is 9.18 Å². The van der Waals surface area contributed by atoms with Gasteiger partial charge in [0.2, 0.25) is 0 Å². The quantitative estimate of drug-likeness (QED) is 0.439. The van der Waals surface area contributed by atoms with E-state index in [1.54, 1.807) is 18.2 Å². The van der Waals surface area contributed by atoms with E-state index >= 15 is 0 Å². The summed E-state index contributed by atoms with van der Waals surface area (Å²) in [5.41, 5.74) is 1.23. The van der Waals surface area contributed by atoms with Crippen molar-refractivity contribution in [1.82, 2.24) is 15.0 Å². The molecule has 1 aliphatic rings. The molecule has 1 aromatic carbocycles. The molecule has 1 saturated heterocycles. The molecule has 2 aromatic heterocycles. The molecule has 0 spiro atoms. The van der Waals surface area contributed by atoms with Crippen LogP contribution in [0.5, 0.6) is 5.75 Å². The highest BCUT2D eigenvalue weighted by molar-refractivity contribution is 7.19. The first-order valence-electron chi connectivity index (χ1n) is 11.3. The van der Waals surface area contributed by atoms with Crippen LogP contribution in [0.15, 0.2) is 36.7 Å². The lowest BCUT2D eigenvalue weighted by molar-refractivity contribution is -0.195. The summed E-state index contributed by atoms with van der Waals surface area (Å²) >= 11 is 1.47. The first-order chi connectivity index (χ1) is 17.5. The highest BCUT2D eigenvalue weighted by atomic mass is 32.1. The van der Waals surface area contributed by atoms with E-state index in [1.165, 1.54) is 30.8 Å². The number of alkyl halides is 1. The summed E-state index contributed by atoms with van der Waals surface area (Å²) in [6.07, 6.45) is 6.83. The molecule has 1 amide bonds. The molecule has 0 radical (unpaired) electrons. The first kappa shape index (κ1) is 25.5. The van der Waals surface area contributed by atoms with E-state index < -0.39 is 18.9 Å². The number of allylic oxidation sites excluding steroid dienone is 1. The van der Waals surface area contributed by atoms with Gasteiger partial charge in [-0.2, -0.15) is 0 Å². The second-order valence-electron chi connectivity index (χ2n) is 7.91. The molecular formula is C25H25FN4O5S. The first-order valence-corrected chi connectivity index (χ1v) is 12.2. The normalized spacial score (nSPS) is 16.4. The number of anilines is 1. The van der Waals surface area contributed by atoms with Crippen molar-refractivity contribution < 1.29 is 28.5 Å². The van der Waals surface area contributed by atoms with Crippen LogP contribution in [0.2, 0.25) is 0 Å². The van der Waals surface area contributed by atoms with Crippen molar-refractivity contribution in [3.63, 3.8) is 0 Å². The summed E-state index contributed by atoms with van der Waals surface area (Å²) in [6, 6.07) is 5.52. The molecule has 1 fully saturated rings. The van der Waals surface area contributed by atoms with Gasteiger partial charge >= 0.3 is 6.09 Å². The lowest BCUT2D eigenvalue weighted by Crippen LogP contribution is -2.32. The van der Waals surface area contributed by atoms with Crippen molar-refractivity contribution in [3.05, 3.63) is 47.4 Å². The van der Waals surface area contributed by atoms with Crippen LogP contribution in [-0.4, -0.2) is 65.5 Å². The molecule has 1 N–H and O–H groups in total. The van der Waals surface area contributed by atoms with Gasteiger partial charge in [0.05, 0.1) is 22.6 Å².